The Morgan fingerprint density at radius 1 is 1.29 bits per heavy atom. The van der Waals surface area contributed by atoms with Crippen molar-refractivity contribution in [1.82, 2.24) is 0 Å². The molecule has 2 heteroatoms. The van der Waals surface area contributed by atoms with Gasteiger partial charge in [0.2, 0.25) is 0 Å². The molecule has 0 saturated heterocycles. The molecule has 1 rings (SSSR count). The van der Waals surface area contributed by atoms with Crippen LogP contribution in [0.3, 0.4) is 0 Å². The number of aryl methyl sites for hydroxylation is 1. The number of benzene rings is 1. The van der Waals surface area contributed by atoms with Gasteiger partial charge >= 0.3 is 0 Å². The largest absolute Gasteiger partial charge is 0.491 e. The Morgan fingerprint density at radius 3 is 2.71 bits per heavy atom. The summed E-state index contributed by atoms with van der Waals surface area (Å²) in [5.74, 6) is 1.09. The fourth-order valence-electron chi connectivity index (χ4n) is 1.55. The van der Waals surface area contributed by atoms with E-state index < -0.39 is 6.10 Å². The molecule has 0 amide bonds. The van der Waals surface area contributed by atoms with Crippen molar-refractivity contribution in [2.75, 3.05) is 6.61 Å². The van der Waals surface area contributed by atoms with Crippen molar-refractivity contribution < 1.29 is 9.84 Å². The van der Waals surface area contributed by atoms with Crippen LogP contribution in [-0.4, -0.2) is 17.8 Å². The molecule has 0 heterocycles. The van der Waals surface area contributed by atoms with E-state index >= 15 is 0 Å². The Bertz CT molecular complexity index is 320. The van der Waals surface area contributed by atoms with Gasteiger partial charge in [-0.1, -0.05) is 39.3 Å². The van der Waals surface area contributed by atoms with E-state index in [1.807, 2.05) is 26.0 Å². The van der Waals surface area contributed by atoms with Crippen molar-refractivity contribution >= 4 is 0 Å². The van der Waals surface area contributed by atoms with E-state index in [2.05, 4.69) is 19.1 Å². The molecule has 17 heavy (non-hydrogen) atoms. The van der Waals surface area contributed by atoms with Gasteiger partial charge < -0.3 is 9.84 Å². The molecular weight excluding hydrogens is 212 g/mol. The molecule has 0 saturated carbocycles. The minimum atomic E-state index is -0.394. The van der Waals surface area contributed by atoms with Crippen LogP contribution in [0.4, 0.5) is 0 Å². The van der Waals surface area contributed by atoms with Gasteiger partial charge in [-0.2, -0.15) is 0 Å². The predicted octanol–water partition coefficient (Wildman–Crippen LogP) is 3.42. The molecule has 0 aliphatic rings. The third-order valence-electron chi connectivity index (χ3n) is 2.91. The van der Waals surface area contributed by atoms with E-state index in [-0.39, 0.29) is 5.92 Å². The quantitative estimate of drug-likeness (QED) is 0.786. The third kappa shape index (κ3) is 5.22. The van der Waals surface area contributed by atoms with Crippen molar-refractivity contribution in [1.29, 1.82) is 0 Å². The zero-order valence-corrected chi connectivity index (χ0v) is 11.1. The summed E-state index contributed by atoms with van der Waals surface area (Å²) in [6, 6.07) is 8.16. The molecule has 0 radical (unpaired) electrons. The van der Waals surface area contributed by atoms with Crippen LogP contribution in [0.1, 0.15) is 39.2 Å². The second-order valence-corrected chi connectivity index (χ2v) is 4.87. The van der Waals surface area contributed by atoms with Gasteiger partial charge in [-0.15, -0.1) is 0 Å². The van der Waals surface area contributed by atoms with Crippen molar-refractivity contribution in [3.8, 4) is 5.75 Å². The van der Waals surface area contributed by atoms with Crippen molar-refractivity contribution in [2.45, 2.75) is 46.1 Å². The van der Waals surface area contributed by atoms with Gasteiger partial charge in [0, 0.05) is 0 Å². The lowest BCUT2D eigenvalue weighted by Crippen LogP contribution is -2.23. The maximum Gasteiger partial charge on any atom is 0.119 e. The lowest BCUT2D eigenvalue weighted by Gasteiger charge is -2.15. The number of rotatable bonds is 7. The zero-order valence-electron chi connectivity index (χ0n) is 11.1. The average molecular weight is 236 g/mol. The van der Waals surface area contributed by atoms with E-state index in [0.29, 0.717) is 6.61 Å². The van der Waals surface area contributed by atoms with E-state index in [1.54, 1.807) is 0 Å². The minimum absolute atomic E-state index is 0.235. The number of unbranched alkanes of at least 4 members (excludes halogenated alkanes) is 1. The third-order valence-corrected chi connectivity index (χ3v) is 2.91. The maximum atomic E-state index is 9.67. The zero-order chi connectivity index (χ0) is 12.7. The molecule has 0 aromatic heterocycles. The first kappa shape index (κ1) is 14.0. The summed E-state index contributed by atoms with van der Waals surface area (Å²) in [5, 5.41) is 9.67. The molecular formula is C15H24O2. The molecule has 96 valence electrons. The van der Waals surface area contributed by atoms with Crippen LogP contribution < -0.4 is 4.74 Å². The maximum absolute atomic E-state index is 9.67. The summed E-state index contributed by atoms with van der Waals surface area (Å²) in [6.07, 6.45) is 3.12. The molecule has 1 unspecified atom stereocenters. The summed E-state index contributed by atoms with van der Waals surface area (Å²) in [4.78, 5) is 0. The first-order chi connectivity index (χ1) is 8.13. The van der Waals surface area contributed by atoms with Crippen molar-refractivity contribution in [2.24, 2.45) is 5.92 Å². The van der Waals surface area contributed by atoms with E-state index in [1.165, 1.54) is 18.4 Å². The van der Waals surface area contributed by atoms with E-state index in [0.717, 1.165) is 12.2 Å². The lowest BCUT2D eigenvalue weighted by atomic mass is 10.1. The summed E-state index contributed by atoms with van der Waals surface area (Å²) in [5.41, 5.74) is 1.31. The molecule has 0 aliphatic carbocycles. The molecule has 1 N–H and O–H groups in total. The minimum Gasteiger partial charge on any atom is -0.491 e. The van der Waals surface area contributed by atoms with Crippen LogP contribution in [0.15, 0.2) is 24.3 Å². The van der Waals surface area contributed by atoms with E-state index in [4.69, 9.17) is 4.74 Å². The molecule has 0 bridgehead atoms. The van der Waals surface area contributed by atoms with Gasteiger partial charge in [0.1, 0.15) is 12.4 Å². The number of aliphatic hydroxyl groups is 1. The summed E-state index contributed by atoms with van der Waals surface area (Å²) in [6.45, 7) is 6.55. The SMILES string of the molecule is CCCCc1cccc(OCC(O)C(C)C)c1. The second kappa shape index (κ2) is 7.33. The van der Waals surface area contributed by atoms with Crippen LogP contribution >= 0.6 is 0 Å². The van der Waals surface area contributed by atoms with Gasteiger partial charge in [-0.05, 0) is 36.5 Å². The molecule has 1 aromatic carbocycles. The highest BCUT2D eigenvalue weighted by Gasteiger charge is 2.09. The van der Waals surface area contributed by atoms with Crippen LogP contribution in [0.25, 0.3) is 0 Å². The highest BCUT2D eigenvalue weighted by atomic mass is 16.5. The summed E-state index contributed by atoms with van der Waals surface area (Å²) < 4.78 is 5.60. The topological polar surface area (TPSA) is 29.5 Å². The summed E-state index contributed by atoms with van der Waals surface area (Å²) in [7, 11) is 0. The molecule has 0 aliphatic heterocycles. The van der Waals surface area contributed by atoms with Crippen LogP contribution in [0.5, 0.6) is 5.75 Å². The molecule has 1 aromatic rings. The normalized spacial score (nSPS) is 12.8. The lowest BCUT2D eigenvalue weighted by molar-refractivity contribution is 0.0701. The number of hydrogen-bond acceptors (Lipinski definition) is 2. The Hall–Kier alpha value is -1.02. The Kier molecular flexibility index (Phi) is 6.06. The second-order valence-electron chi connectivity index (χ2n) is 4.87. The number of aliphatic hydroxyl groups excluding tert-OH is 1. The number of ether oxygens (including phenoxy) is 1. The highest BCUT2D eigenvalue weighted by Crippen LogP contribution is 2.16. The molecule has 0 fully saturated rings. The monoisotopic (exact) mass is 236 g/mol. The number of hydrogen-bond donors (Lipinski definition) is 1. The fourth-order valence-corrected chi connectivity index (χ4v) is 1.55. The van der Waals surface area contributed by atoms with Crippen molar-refractivity contribution in [3.63, 3.8) is 0 Å². The van der Waals surface area contributed by atoms with Gasteiger partial charge in [-0.25, -0.2) is 0 Å². The van der Waals surface area contributed by atoms with Crippen LogP contribution in [0, 0.1) is 5.92 Å². The molecule has 1 atom stereocenters. The van der Waals surface area contributed by atoms with Crippen molar-refractivity contribution in [3.05, 3.63) is 29.8 Å². The van der Waals surface area contributed by atoms with Gasteiger partial charge in [0.15, 0.2) is 0 Å². The Morgan fingerprint density at radius 2 is 2.06 bits per heavy atom. The molecule has 0 spiro atoms. The van der Waals surface area contributed by atoms with Gasteiger partial charge in [-0.3, -0.25) is 0 Å². The Balaban J connectivity index is 2.48. The first-order valence-corrected chi connectivity index (χ1v) is 6.53. The first-order valence-electron chi connectivity index (χ1n) is 6.53. The standard InChI is InChI=1S/C15H24O2/c1-4-5-7-13-8-6-9-14(10-13)17-11-15(16)12(2)3/h6,8-10,12,15-16H,4-5,7,11H2,1-3H3. The highest BCUT2D eigenvalue weighted by molar-refractivity contribution is 5.28. The summed E-state index contributed by atoms with van der Waals surface area (Å²) >= 11 is 0. The molecule has 2 nitrogen and oxygen atoms in total. The Labute approximate surface area is 105 Å². The van der Waals surface area contributed by atoms with E-state index in [9.17, 15) is 5.11 Å². The fraction of sp³-hybridized carbons (Fsp3) is 0.600. The van der Waals surface area contributed by atoms with Gasteiger partial charge in [0.05, 0.1) is 6.10 Å². The van der Waals surface area contributed by atoms with Gasteiger partial charge in [0.25, 0.3) is 0 Å². The smallest absolute Gasteiger partial charge is 0.119 e. The predicted molar refractivity (Wildman–Crippen MR) is 71.4 cm³/mol. The van der Waals surface area contributed by atoms with Crippen LogP contribution in [0.2, 0.25) is 0 Å². The average Bonchev–Trinajstić information content (AvgIpc) is 2.33. The van der Waals surface area contributed by atoms with Crippen LogP contribution in [-0.2, 0) is 6.42 Å².